The summed E-state index contributed by atoms with van der Waals surface area (Å²) in [5.41, 5.74) is 4.43. The van der Waals surface area contributed by atoms with Crippen molar-refractivity contribution in [3.8, 4) is 6.07 Å². The lowest BCUT2D eigenvalue weighted by atomic mass is 9.88. The van der Waals surface area contributed by atoms with Crippen molar-refractivity contribution < 1.29 is 9.53 Å². The first-order chi connectivity index (χ1) is 7.67. The van der Waals surface area contributed by atoms with Crippen LogP contribution in [0.4, 0.5) is 4.79 Å². The maximum Gasteiger partial charge on any atom is 0.410 e. The van der Waals surface area contributed by atoms with Crippen LogP contribution in [0.2, 0.25) is 0 Å². The highest BCUT2D eigenvalue weighted by Crippen LogP contribution is 2.24. The van der Waals surface area contributed by atoms with Crippen LogP contribution in [0.15, 0.2) is 0 Å². The van der Waals surface area contributed by atoms with Crippen molar-refractivity contribution in [2.45, 2.75) is 57.7 Å². The predicted octanol–water partition coefficient (Wildman–Crippen LogP) is 1.63. The predicted molar refractivity (Wildman–Crippen MR) is 64.2 cm³/mol. The monoisotopic (exact) mass is 239 g/mol. The topological polar surface area (TPSA) is 79.4 Å². The van der Waals surface area contributed by atoms with Gasteiger partial charge in [-0.2, -0.15) is 5.26 Å². The fraction of sp³-hybridized carbons (Fsp3) is 0.833. The Morgan fingerprint density at radius 3 is 2.65 bits per heavy atom. The molecule has 0 radical (unpaired) electrons. The Morgan fingerprint density at radius 2 is 2.18 bits per heavy atom. The van der Waals surface area contributed by atoms with Gasteiger partial charge in [-0.15, -0.1) is 0 Å². The number of hydrogen-bond acceptors (Lipinski definition) is 4. The van der Waals surface area contributed by atoms with E-state index in [1.165, 1.54) is 0 Å². The van der Waals surface area contributed by atoms with Gasteiger partial charge >= 0.3 is 6.09 Å². The van der Waals surface area contributed by atoms with Gasteiger partial charge < -0.3 is 15.4 Å². The number of nitriles is 1. The molecule has 5 heteroatoms. The second-order valence-electron chi connectivity index (χ2n) is 5.76. The molecule has 0 saturated carbocycles. The second-order valence-corrected chi connectivity index (χ2v) is 5.76. The Balaban J connectivity index is 2.75. The van der Waals surface area contributed by atoms with E-state index < -0.39 is 17.2 Å². The van der Waals surface area contributed by atoms with Crippen molar-refractivity contribution in [3.05, 3.63) is 0 Å². The molecule has 1 aliphatic heterocycles. The number of amides is 1. The Kier molecular flexibility index (Phi) is 3.68. The molecule has 2 unspecified atom stereocenters. The number of carbonyl (C=O) groups excluding carboxylic acids is 1. The first-order valence-electron chi connectivity index (χ1n) is 5.87. The molecule has 17 heavy (non-hydrogen) atoms. The van der Waals surface area contributed by atoms with Crippen LogP contribution in [0.3, 0.4) is 0 Å². The third kappa shape index (κ3) is 3.60. The standard InChI is InChI=1S/C12H21N3O2/c1-9-5-6-12(14,7-13)8-15(9)10(16)17-11(2,3)4/h9H,5-6,8,14H2,1-4H3. The Labute approximate surface area is 103 Å². The van der Waals surface area contributed by atoms with Crippen LogP contribution in [-0.4, -0.2) is 34.7 Å². The molecule has 1 heterocycles. The van der Waals surface area contributed by atoms with Crippen LogP contribution in [0.5, 0.6) is 0 Å². The molecule has 1 fully saturated rings. The molecule has 0 spiro atoms. The number of nitrogens with zero attached hydrogens (tertiary/aromatic N) is 2. The highest BCUT2D eigenvalue weighted by atomic mass is 16.6. The largest absolute Gasteiger partial charge is 0.444 e. The fourth-order valence-electron chi connectivity index (χ4n) is 1.82. The van der Waals surface area contributed by atoms with E-state index in [1.807, 2.05) is 27.7 Å². The van der Waals surface area contributed by atoms with Gasteiger partial charge in [0.25, 0.3) is 0 Å². The van der Waals surface area contributed by atoms with E-state index >= 15 is 0 Å². The van der Waals surface area contributed by atoms with E-state index in [9.17, 15) is 4.79 Å². The summed E-state index contributed by atoms with van der Waals surface area (Å²) < 4.78 is 5.31. The summed E-state index contributed by atoms with van der Waals surface area (Å²) >= 11 is 0. The van der Waals surface area contributed by atoms with Gasteiger partial charge in [-0.3, -0.25) is 0 Å². The molecule has 0 aliphatic carbocycles. The minimum atomic E-state index is -0.941. The quantitative estimate of drug-likeness (QED) is 0.696. The van der Waals surface area contributed by atoms with Crippen LogP contribution < -0.4 is 5.73 Å². The van der Waals surface area contributed by atoms with Crippen LogP contribution in [0, 0.1) is 11.3 Å². The zero-order valence-corrected chi connectivity index (χ0v) is 11.0. The van der Waals surface area contributed by atoms with Gasteiger partial charge in [0.1, 0.15) is 11.1 Å². The molecule has 0 bridgehead atoms. The SMILES string of the molecule is CC1CCC(N)(C#N)CN1C(=O)OC(C)(C)C. The number of carbonyl (C=O) groups is 1. The van der Waals surface area contributed by atoms with Gasteiger partial charge in [0.2, 0.25) is 0 Å². The zero-order chi connectivity index (χ0) is 13.3. The summed E-state index contributed by atoms with van der Waals surface area (Å²) in [5, 5.41) is 9.01. The van der Waals surface area contributed by atoms with Crippen molar-refractivity contribution >= 4 is 6.09 Å². The third-order valence-corrected chi connectivity index (χ3v) is 2.84. The maximum absolute atomic E-state index is 12.0. The van der Waals surface area contributed by atoms with Gasteiger partial charge in [-0.05, 0) is 40.5 Å². The molecule has 96 valence electrons. The number of piperidine rings is 1. The summed E-state index contributed by atoms with van der Waals surface area (Å²) in [6, 6.07) is 2.14. The van der Waals surface area contributed by atoms with Crippen molar-refractivity contribution in [2.75, 3.05) is 6.54 Å². The van der Waals surface area contributed by atoms with Crippen molar-refractivity contribution in [3.63, 3.8) is 0 Å². The first kappa shape index (κ1) is 13.8. The van der Waals surface area contributed by atoms with E-state index in [4.69, 9.17) is 15.7 Å². The minimum absolute atomic E-state index is 0.0647. The molecule has 1 aliphatic rings. The van der Waals surface area contributed by atoms with Gasteiger partial charge in [0, 0.05) is 6.04 Å². The van der Waals surface area contributed by atoms with Gasteiger partial charge in [0.05, 0.1) is 12.6 Å². The highest BCUT2D eigenvalue weighted by molar-refractivity contribution is 5.69. The third-order valence-electron chi connectivity index (χ3n) is 2.84. The average Bonchev–Trinajstić information content (AvgIpc) is 2.19. The molecule has 0 aromatic heterocycles. The van der Waals surface area contributed by atoms with E-state index in [0.29, 0.717) is 6.42 Å². The fourth-order valence-corrected chi connectivity index (χ4v) is 1.82. The van der Waals surface area contributed by atoms with Gasteiger partial charge in [0.15, 0.2) is 0 Å². The summed E-state index contributed by atoms with van der Waals surface area (Å²) in [6.45, 7) is 7.64. The lowest BCUT2D eigenvalue weighted by Gasteiger charge is -2.40. The average molecular weight is 239 g/mol. The number of hydrogen-bond donors (Lipinski definition) is 1. The van der Waals surface area contributed by atoms with E-state index in [1.54, 1.807) is 4.90 Å². The van der Waals surface area contributed by atoms with E-state index in [0.717, 1.165) is 6.42 Å². The Morgan fingerprint density at radius 1 is 1.59 bits per heavy atom. The molecule has 2 atom stereocenters. The number of likely N-dealkylation sites (tertiary alicyclic amines) is 1. The molecule has 0 aromatic rings. The smallest absolute Gasteiger partial charge is 0.410 e. The second kappa shape index (κ2) is 4.53. The normalized spacial score (nSPS) is 29.6. The molecule has 1 saturated heterocycles. The maximum atomic E-state index is 12.0. The van der Waals surface area contributed by atoms with Crippen LogP contribution in [0.1, 0.15) is 40.5 Å². The number of ether oxygens (including phenoxy) is 1. The molecule has 1 amide bonds. The van der Waals surface area contributed by atoms with Gasteiger partial charge in [-0.25, -0.2) is 4.79 Å². The van der Waals surface area contributed by atoms with E-state index in [-0.39, 0.29) is 12.6 Å². The summed E-state index contributed by atoms with van der Waals surface area (Å²) in [6.07, 6.45) is 0.947. The molecule has 5 nitrogen and oxygen atoms in total. The van der Waals surface area contributed by atoms with Crippen molar-refractivity contribution in [2.24, 2.45) is 5.73 Å². The Hall–Kier alpha value is -1.28. The van der Waals surface area contributed by atoms with Gasteiger partial charge in [-0.1, -0.05) is 0 Å². The number of nitrogens with two attached hydrogens (primary N) is 1. The zero-order valence-electron chi connectivity index (χ0n) is 11.0. The molecular weight excluding hydrogens is 218 g/mol. The number of rotatable bonds is 0. The summed E-state index contributed by atoms with van der Waals surface area (Å²) in [4.78, 5) is 13.5. The summed E-state index contributed by atoms with van der Waals surface area (Å²) in [5.74, 6) is 0. The highest BCUT2D eigenvalue weighted by Gasteiger charge is 2.39. The molecular formula is C12H21N3O2. The van der Waals surface area contributed by atoms with E-state index in [2.05, 4.69) is 6.07 Å². The van der Waals surface area contributed by atoms with Crippen LogP contribution in [-0.2, 0) is 4.74 Å². The minimum Gasteiger partial charge on any atom is -0.444 e. The molecule has 1 rings (SSSR count). The summed E-state index contributed by atoms with van der Waals surface area (Å²) in [7, 11) is 0. The lowest BCUT2D eigenvalue weighted by molar-refractivity contribution is 0.00622. The molecule has 2 N–H and O–H groups in total. The van der Waals surface area contributed by atoms with Crippen LogP contribution >= 0.6 is 0 Å². The Bertz CT molecular complexity index is 343. The van der Waals surface area contributed by atoms with Crippen molar-refractivity contribution in [1.29, 1.82) is 5.26 Å². The molecule has 0 aromatic carbocycles. The van der Waals surface area contributed by atoms with Crippen LogP contribution in [0.25, 0.3) is 0 Å². The lowest BCUT2D eigenvalue weighted by Crippen LogP contribution is -2.58. The first-order valence-corrected chi connectivity index (χ1v) is 5.87. The van der Waals surface area contributed by atoms with Crippen molar-refractivity contribution in [1.82, 2.24) is 4.90 Å².